The fourth-order valence-corrected chi connectivity index (χ4v) is 6.56. The minimum absolute atomic E-state index is 0.00735. The molecule has 9 nitrogen and oxygen atoms in total. The van der Waals surface area contributed by atoms with E-state index in [1.54, 1.807) is 12.4 Å². The summed E-state index contributed by atoms with van der Waals surface area (Å²) in [5, 5.41) is 9.22. The molecule has 0 saturated heterocycles. The Morgan fingerprint density at radius 1 is 0.976 bits per heavy atom. The number of para-hydroxylation sites is 1. The van der Waals surface area contributed by atoms with Gasteiger partial charge in [0.05, 0.1) is 19.1 Å². The quantitative estimate of drug-likeness (QED) is 0.383. The minimum Gasteiger partial charge on any atom is -0.481 e. The number of aromatic nitrogens is 2. The summed E-state index contributed by atoms with van der Waals surface area (Å²) in [4.78, 5) is 51.5. The number of hydrogen-bond acceptors (Lipinski definition) is 6. The van der Waals surface area contributed by atoms with Crippen LogP contribution in [0, 0.1) is 5.92 Å². The molecule has 0 bridgehead atoms. The molecule has 2 fully saturated rings. The summed E-state index contributed by atoms with van der Waals surface area (Å²) < 4.78 is 5.36. The Kier molecular flexibility index (Phi) is 7.43. The lowest BCUT2D eigenvalue weighted by molar-refractivity contribution is -0.142. The standard InChI is InChI=1S/C32H34N4O5/c1-2-41-32-33-18-22(19-34-32)20-7-5-8-21(17-20)31(40)36-26-11-4-3-9-24(26)30(25-10-6-12-27(25)36)35(23-13-14-23)28(37)15-16-29(38)39/h3-5,7-9,11,17-19,23,25,27,30H,2,6,10,12-16H2,1H3,(H,38,39)/t25-,27+,30-/m0/s1. The first kappa shape index (κ1) is 26.9. The second-order valence-corrected chi connectivity index (χ2v) is 11.0. The third kappa shape index (κ3) is 5.28. The predicted octanol–water partition coefficient (Wildman–Crippen LogP) is 5.27. The molecule has 9 heteroatoms. The number of ether oxygens (including phenoxy) is 1. The van der Waals surface area contributed by atoms with Gasteiger partial charge in [0.1, 0.15) is 0 Å². The first-order chi connectivity index (χ1) is 20.0. The van der Waals surface area contributed by atoms with Gasteiger partial charge in [-0.3, -0.25) is 14.4 Å². The summed E-state index contributed by atoms with van der Waals surface area (Å²) in [7, 11) is 0. The second-order valence-electron chi connectivity index (χ2n) is 11.0. The fourth-order valence-electron chi connectivity index (χ4n) is 6.56. The van der Waals surface area contributed by atoms with E-state index < -0.39 is 5.97 Å². The Labute approximate surface area is 239 Å². The highest BCUT2D eigenvalue weighted by Crippen LogP contribution is 2.53. The number of amides is 2. The van der Waals surface area contributed by atoms with Crippen LogP contribution in [0.4, 0.5) is 5.69 Å². The van der Waals surface area contributed by atoms with Crippen molar-refractivity contribution in [2.24, 2.45) is 5.92 Å². The van der Waals surface area contributed by atoms with Crippen LogP contribution in [-0.4, -0.2) is 56.4 Å². The summed E-state index contributed by atoms with van der Waals surface area (Å²) in [5.41, 5.74) is 4.01. The first-order valence-corrected chi connectivity index (χ1v) is 14.5. The van der Waals surface area contributed by atoms with Crippen LogP contribution in [0.1, 0.15) is 73.8 Å². The Hall–Kier alpha value is -4.27. The molecule has 0 spiro atoms. The largest absolute Gasteiger partial charge is 0.481 e. The Morgan fingerprint density at radius 2 is 1.76 bits per heavy atom. The summed E-state index contributed by atoms with van der Waals surface area (Å²) in [6.45, 7) is 2.36. The molecule has 1 aromatic heterocycles. The lowest BCUT2D eigenvalue weighted by atomic mass is 9.81. The number of carbonyl (C=O) groups is 3. The van der Waals surface area contributed by atoms with E-state index in [0.717, 1.165) is 54.5 Å². The molecule has 6 rings (SSSR count). The van der Waals surface area contributed by atoms with Crippen LogP contribution in [0.25, 0.3) is 11.1 Å². The molecule has 0 radical (unpaired) electrons. The average Bonchev–Trinajstić information content (AvgIpc) is 3.71. The van der Waals surface area contributed by atoms with Crippen molar-refractivity contribution in [3.05, 3.63) is 72.1 Å². The van der Waals surface area contributed by atoms with E-state index in [4.69, 9.17) is 4.74 Å². The van der Waals surface area contributed by atoms with Crippen molar-refractivity contribution in [1.29, 1.82) is 0 Å². The Bertz CT molecular complexity index is 1450. The molecule has 3 aliphatic rings. The molecule has 2 amide bonds. The van der Waals surface area contributed by atoms with Crippen molar-refractivity contribution >= 4 is 23.5 Å². The van der Waals surface area contributed by atoms with Gasteiger partial charge in [-0.15, -0.1) is 0 Å². The summed E-state index contributed by atoms with van der Waals surface area (Å²) in [6.07, 6.45) is 7.81. The number of carboxylic acids is 1. The highest BCUT2D eigenvalue weighted by molar-refractivity contribution is 6.08. The minimum atomic E-state index is -0.965. The van der Waals surface area contributed by atoms with Crippen LogP contribution in [0.15, 0.2) is 60.9 Å². The maximum absolute atomic E-state index is 14.3. The topological polar surface area (TPSA) is 113 Å². The van der Waals surface area contributed by atoms with Crippen molar-refractivity contribution in [2.75, 3.05) is 11.5 Å². The maximum Gasteiger partial charge on any atom is 0.316 e. The van der Waals surface area contributed by atoms with Gasteiger partial charge >= 0.3 is 12.0 Å². The van der Waals surface area contributed by atoms with Crippen LogP contribution in [0.2, 0.25) is 0 Å². The van der Waals surface area contributed by atoms with Gasteiger partial charge in [-0.05, 0) is 61.9 Å². The van der Waals surface area contributed by atoms with E-state index in [2.05, 4.69) is 9.97 Å². The number of benzene rings is 2. The van der Waals surface area contributed by atoms with Crippen molar-refractivity contribution in [2.45, 2.75) is 70.0 Å². The third-order valence-electron chi connectivity index (χ3n) is 8.43. The maximum atomic E-state index is 14.3. The molecule has 1 N–H and O–H groups in total. The molecular formula is C32H34N4O5. The van der Waals surface area contributed by atoms with Gasteiger partial charge in [0.25, 0.3) is 5.91 Å². The van der Waals surface area contributed by atoms with Gasteiger partial charge in [-0.25, -0.2) is 9.97 Å². The lowest BCUT2D eigenvalue weighted by Gasteiger charge is -2.48. The van der Waals surface area contributed by atoms with Gasteiger partial charge in [0.2, 0.25) is 5.91 Å². The van der Waals surface area contributed by atoms with Gasteiger partial charge in [-0.2, -0.15) is 0 Å². The SMILES string of the molecule is CCOc1ncc(-c2cccc(C(=O)N3c4ccccc4[C@H](N(C(=O)CCC(=O)O)C4CC4)[C@H]4CCC[C@H]43)c2)cn1. The number of fused-ring (bicyclic) bond motifs is 2. The highest BCUT2D eigenvalue weighted by atomic mass is 16.5. The lowest BCUT2D eigenvalue weighted by Crippen LogP contribution is -2.52. The van der Waals surface area contributed by atoms with Gasteiger partial charge < -0.3 is 19.6 Å². The van der Waals surface area contributed by atoms with Crippen LogP contribution in [-0.2, 0) is 9.59 Å². The van der Waals surface area contributed by atoms with E-state index >= 15 is 0 Å². The number of anilines is 1. The number of aliphatic carboxylic acids is 1. The van der Waals surface area contributed by atoms with Gasteiger partial charge in [0.15, 0.2) is 0 Å². The molecule has 212 valence electrons. The predicted molar refractivity (Wildman–Crippen MR) is 152 cm³/mol. The number of rotatable bonds is 9. The molecule has 3 atom stereocenters. The first-order valence-electron chi connectivity index (χ1n) is 14.5. The van der Waals surface area contributed by atoms with Gasteiger partial charge in [-0.1, -0.05) is 36.8 Å². The Morgan fingerprint density at radius 3 is 2.49 bits per heavy atom. The highest BCUT2D eigenvalue weighted by Gasteiger charge is 2.51. The van der Waals surface area contributed by atoms with Gasteiger partial charge in [0, 0.05) is 53.6 Å². The van der Waals surface area contributed by atoms with E-state index in [-0.39, 0.29) is 48.7 Å². The van der Waals surface area contributed by atoms with Crippen molar-refractivity contribution in [1.82, 2.24) is 14.9 Å². The molecule has 0 unspecified atom stereocenters. The average molecular weight is 555 g/mol. The number of carboxylic acid groups (broad SMARTS) is 1. The molecule has 3 aromatic rings. The van der Waals surface area contributed by atoms with Crippen LogP contribution in [0.3, 0.4) is 0 Å². The Balaban J connectivity index is 1.35. The van der Waals surface area contributed by atoms with Crippen molar-refractivity contribution < 1.29 is 24.2 Å². The monoisotopic (exact) mass is 554 g/mol. The number of carbonyl (C=O) groups excluding carboxylic acids is 2. The number of nitrogens with zero attached hydrogens (tertiary/aromatic N) is 4. The molecule has 2 saturated carbocycles. The van der Waals surface area contributed by atoms with E-state index in [1.807, 2.05) is 65.3 Å². The fraction of sp³-hybridized carbons (Fsp3) is 0.406. The van der Waals surface area contributed by atoms with Crippen LogP contribution < -0.4 is 9.64 Å². The van der Waals surface area contributed by atoms with E-state index in [0.29, 0.717) is 18.2 Å². The molecular weight excluding hydrogens is 520 g/mol. The molecule has 2 aliphatic carbocycles. The van der Waals surface area contributed by atoms with Crippen LogP contribution in [0.5, 0.6) is 6.01 Å². The normalized spacial score (nSPS) is 21.1. The van der Waals surface area contributed by atoms with E-state index in [9.17, 15) is 19.5 Å². The zero-order valence-electron chi connectivity index (χ0n) is 23.1. The van der Waals surface area contributed by atoms with Crippen molar-refractivity contribution in [3.63, 3.8) is 0 Å². The molecule has 1 aliphatic heterocycles. The summed E-state index contributed by atoms with van der Waals surface area (Å²) in [6, 6.07) is 15.7. The van der Waals surface area contributed by atoms with Crippen LogP contribution >= 0.6 is 0 Å². The second kappa shape index (κ2) is 11.3. The molecule has 2 aromatic carbocycles. The molecule has 2 heterocycles. The number of hydrogen-bond donors (Lipinski definition) is 1. The van der Waals surface area contributed by atoms with E-state index in [1.165, 1.54) is 0 Å². The smallest absolute Gasteiger partial charge is 0.316 e. The van der Waals surface area contributed by atoms with Crippen molar-refractivity contribution in [3.8, 4) is 17.1 Å². The zero-order valence-corrected chi connectivity index (χ0v) is 23.1. The molecule has 41 heavy (non-hydrogen) atoms. The third-order valence-corrected chi connectivity index (χ3v) is 8.43. The summed E-state index contributed by atoms with van der Waals surface area (Å²) >= 11 is 0. The zero-order chi connectivity index (χ0) is 28.5. The summed E-state index contributed by atoms with van der Waals surface area (Å²) in [5.74, 6) is -1.05.